The normalized spacial score (nSPS) is 10.2. The number of hydrogen-bond donors (Lipinski definition) is 2. The molecule has 0 aliphatic heterocycles. The molecule has 0 radical (unpaired) electrons. The fraction of sp³-hybridized carbons (Fsp3) is 0.278. The predicted molar refractivity (Wildman–Crippen MR) is 93.5 cm³/mol. The number of carbonyl (C=O) groups is 1. The predicted octanol–water partition coefficient (Wildman–Crippen LogP) is 3.72. The molecule has 0 atom stereocenters. The molecule has 0 fully saturated rings. The average Bonchev–Trinajstić information content (AvgIpc) is 2.57. The van der Waals surface area contributed by atoms with Crippen LogP contribution in [0.3, 0.4) is 0 Å². The highest BCUT2D eigenvalue weighted by Gasteiger charge is 2.04. The molecule has 2 rings (SSSR count). The van der Waals surface area contributed by atoms with E-state index in [0.717, 1.165) is 24.5 Å². The largest absolute Gasteiger partial charge is 0.376 e. The van der Waals surface area contributed by atoms with Crippen LogP contribution in [0.5, 0.6) is 0 Å². The van der Waals surface area contributed by atoms with E-state index in [1.807, 2.05) is 24.3 Å². The number of rotatable bonds is 7. The van der Waals surface area contributed by atoms with Crippen molar-refractivity contribution in [2.24, 2.45) is 0 Å². The standard InChI is InChI=1S/C18H22FN3O/c1-3-22(4-2)17-11-9-16(10-12-17)21-18(23)13-20-15-7-5-14(19)6-8-15/h5-12,20H,3-4,13H2,1-2H3,(H,21,23). The Kier molecular flexibility index (Phi) is 5.97. The lowest BCUT2D eigenvalue weighted by atomic mass is 10.2. The zero-order chi connectivity index (χ0) is 16.7. The molecule has 0 unspecified atom stereocenters. The van der Waals surface area contributed by atoms with Gasteiger partial charge in [-0.3, -0.25) is 4.79 Å². The molecule has 0 aliphatic carbocycles. The van der Waals surface area contributed by atoms with Crippen LogP contribution in [0.2, 0.25) is 0 Å². The van der Waals surface area contributed by atoms with Gasteiger partial charge in [-0.2, -0.15) is 0 Å². The SMILES string of the molecule is CCN(CC)c1ccc(NC(=O)CNc2ccc(F)cc2)cc1. The lowest BCUT2D eigenvalue weighted by molar-refractivity contribution is -0.114. The maximum atomic E-state index is 12.8. The van der Waals surface area contributed by atoms with E-state index < -0.39 is 0 Å². The second-order valence-electron chi connectivity index (χ2n) is 5.13. The first-order chi connectivity index (χ1) is 11.1. The van der Waals surface area contributed by atoms with E-state index in [2.05, 4.69) is 29.4 Å². The monoisotopic (exact) mass is 315 g/mol. The molecule has 23 heavy (non-hydrogen) atoms. The van der Waals surface area contributed by atoms with Crippen LogP contribution < -0.4 is 15.5 Å². The Morgan fingerprint density at radius 3 is 2.09 bits per heavy atom. The third kappa shape index (κ3) is 4.98. The molecule has 0 aliphatic rings. The first-order valence-corrected chi connectivity index (χ1v) is 7.76. The second-order valence-corrected chi connectivity index (χ2v) is 5.13. The summed E-state index contributed by atoms with van der Waals surface area (Å²) in [7, 11) is 0. The van der Waals surface area contributed by atoms with Crippen molar-refractivity contribution < 1.29 is 9.18 Å². The number of nitrogens with zero attached hydrogens (tertiary/aromatic N) is 1. The summed E-state index contributed by atoms with van der Waals surface area (Å²) in [6.45, 7) is 6.25. The molecule has 4 nitrogen and oxygen atoms in total. The topological polar surface area (TPSA) is 44.4 Å². The van der Waals surface area contributed by atoms with Gasteiger partial charge in [-0.1, -0.05) is 0 Å². The van der Waals surface area contributed by atoms with E-state index in [-0.39, 0.29) is 18.3 Å². The van der Waals surface area contributed by atoms with Crippen LogP contribution in [0.15, 0.2) is 48.5 Å². The Hall–Kier alpha value is -2.56. The highest BCUT2D eigenvalue weighted by Crippen LogP contribution is 2.17. The second kappa shape index (κ2) is 8.17. The van der Waals surface area contributed by atoms with Crippen molar-refractivity contribution in [3.05, 3.63) is 54.3 Å². The molecule has 2 aromatic carbocycles. The Morgan fingerprint density at radius 2 is 1.52 bits per heavy atom. The molecule has 5 heteroatoms. The smallest absolute Gasteiger partial charge is 0.243 e. The van der Waals surface area contributed by atoms with Gasteiger partial charge in [-0.25, -0.2) is 4.39 Å². The number of carbonyl (C=O) groups excluding carboxylic acids is 1. The van der Waals surface area contributed by atoms with Crippen LogP contribution >= 0.6 is 0 Å². The molecule has 0 aromatic heterocycles. The van der Waals surface area contributed by atoms with Gasteiger partial charge in [0.05, 0.1) is 6.54 Å². The maximum Gasteiger partial charge on any atom is 0.243 e. The van der Waals surface area contributed by atoms with Gasteiger partial charge in [0, 0.05) is 30.2 Å². The fourth-order valence-electron chi connectivity index (χ4n) is 2.30. The van der Waals surface area contributed by atoms with Crippen LogP contribution in [-0.2, 0) is 4.79 Å². The van der Waals surface area contributed by atoms with Crippen molar-refractivity contribution in [2.75, 3.05) is 35.2 Å². The summed E-state index contributed by atoms with van der Waals surface area (Å²) in [5, 5.41) is 5.78. The van der Waals surface area contributed by atoms with E-state index in [1.165, 1.54) is 12.1 Å². The minimum Gasteiger partial charge on any atom is -0.376 e. The highest BCUT2D eigenvalue weighted by atomic mass is 19.1. The van der Waals surface area contributed by atoms with E-state index in [4.69, 9.17) is 0 Å². The zero-order valence-corrected chi connectivity index (χ0v) is 13.5. The van der Waals surface area contributed by atoms with Gasteiger partial charge in [0.1, 0.15) is 5.82 Å². The third-order valence-electron chi connectivity index (χ3n) is 3.58. The molecule has 122 valence electrons. The lowest BCUT2D eigenvalue weighted by Gasteiger charge is -2.21. The van der Waals surface area contributed by atoms with Crippen molar-refractivity contribution in [3.63, 3.8) is 0 Å². The van der Waals surface area contributed by atoms with Gasteiger partial charge < -0.3 is 15.5 Å². The molecule has 0 saturated carbocycles. The third-order valence-corrected chi connectivity index (χ3v) is 3.58. The number of nitrogens with one attached hydrogen (secondary N) is 2. The lowest BCUT2D eigenvalue weighted by Crippen LogP contribution is -2.23. The first kappa shape index (κ1) is 16.8. The van der Waals surface area contributed by atoms with Crippen molar-refractivity contribution >= 4 is 23.0 Å². The molecule has 0 saturated heterocycles. The van der Waals surface area contributed by atoms with Gasteiger partial charge >= 0.3 is 0 Å². The van der Waals surface area contributed by atoms with Crippen LogP contribution in [0.25, 0.3) is 0 Å². The summed E-state index contributed by atoms with van der Waals surface area (Å²) in [6.07, 6.45) is 0. The van der Waals surface area contributed by atoms with Crippen molar-refractivity contribution in [1.82, 2.24) is 0 Å². The van der Waals surface area contributed by atoms with Gasteiger partial charge in [0.15, 0.2) is 0 Å². The minimum absolute atomic E-state index is 0.128. The summed E-state index contributed by atoms with van der Waals surface area (Å²) >= 11 is 0. The van der Waals surface area contributed by atoms with Crippen LogP contribution in [0.4, 0.5) is 21.5 Å². The fourth-order valence-corrected chi connectivity index (χ4v) is 2.30. The molecule has 2 aromatic rings. The van der Waals surface area contributed by atoms with Crippen LogP contribution in [-0.4, -0.2) is 25.5 Å². The minimum atomic E-state index is -0.298. The Bertz CT molecular complexity index is 622. The summed E-state index contributed by atoms with van der Waals surface area (Å²) in [4.78, 5) is 14.2. The highest BCUT2D eigenvalue weighted by molar-refractivity contribution is 5.93. The van der Waals surface area contributed by atoms with Gasteiger partial charge in [-0.15, -0.1) is 0 Å². The van der Waals surface area contributed by atoms with Crippen molar-refractivity contribution in [3.8, 4) is 0 Å². The number of amides is 1. The maximum absolute atomic E-state index is 12.8. The van der Waals surface area contributed by atoms with Gasteiger partial charge in [0.2, 0.25) is 5.91 Å². The average molecular weight is 315 g/mol. The van der Waals surface area contributed by atoms with Gasteiger partial charge in [0.25, 0.3) is 0 Å². The van der Waals surface area contributed by atoms with Crippen molar-refractivity contribution in [1.29, 1.82) is 0 Å². The van der Waals surface area contributed by atoms with E-state index in [1.54, 1.807) is 12.1 Å². The number of hydrogen-bond acceptors (Lipinski definition) is 3. The Balaban J connectivity index is 1.86. The van der Waals surface area contributed by atoms with Crippen LogP contribution in [0, 0.1) is 5.82 Å². The molecular weight excluding hydrogens is 293 g/mol. The molecule has 0 bridgehead atoms. The Morgan fingerprint density at radius 1 is 0.957 bits per heavy atom. The van der Waals surface area contributed by atoms with Crippen LogP contribution in [0.1, 0.15) is 13.8 Å². The number of halogens is 1. The molecule has 0 spiro atoms. The summed E-state index contributed by atoms with van der Waals surface area (Å²) in [5.41, 5.74) is 2.60. The molecule has 2 N–H and O–H groups in total. The number of anilines is 3. The van der Waals surface area contributed by atoms with Gasteiger partial charge in [-0.05, 0) is 62.4 Å². The molecular formula is C18H22FN3O. The summed E-state index contributed by atoms with van der Waals surface area (Å²) in [5.74, 6) is -0.446. The quantitative estimate of drug-likeness (QED) is 0.818. The summed E-state index contributed by atoms with van der Waals surface area (Å²) in [6, 6.07) is 13.7. The number of benzene rings is 2. The van der Waals surface area contributed by atoms with E-state index in [9.17, 15) is 9.18 Å². The molecule has 0 heterocycles. The first-order valence-electron chi connectivity index (χ1n) is 7.76. The Labute approximate surface area is 136 Å². The summed E-state index contributed by atoms with van der Waals surface area (Å²) < 4.78 is 12.8. The zero-order valence-electron chi connectivity index (χ0n) is 13.5. The van der Waals surface area contributed by atoms with Crippen molar-refractivity contribution in [2.45, 2.75) is 13.8 Å². The van der Waals surface area contributed by atoms with E-state index >= 15 is 0 Å². The van der Waals surface area contributed by atoms with E-state index in [0.29, 0.717) is 5.69 Å². The molecule has 1 amide bonds.